The molecule has 0 aliphatic carbocycles. The smallest absolute Gasteiger partial charge is 0.171 e. The van der Waals surface area contributed by atoms with Crippen molar-refractivity contribution in [2.24, 2.45) is 0 Å². The summed E-state index contributed by atoms with van der Waals surface area (Å²) in [7, 11) is 0. The van der Waals surface area contributed by atoms with Crippen LogP contribution in [0, 0.1) is 6.92 Å². The average molecular weight is 288 g/mol. The van der Waals surface area contributed by atoms with Gasteiger partial charge in [0.2, 0.25) is 0 Å². The fraction of sp³-hybridized carbons (Fsp3) is 0.333. The van der Waals surface area contributed by atoms with E-state index in [1.54, 1.807) is 0 Å². The maximum absolute atomic E-state index is 5.35. The third-order valence-corrected chi connectivity index (χ3v) is 3.39. The molecule has 1 aromatic carbocycles. The average Bonchev–Trinajstić information content (AvgIpc) is 2.90. The second kappa shape index (κ2) is 6.52. The summed E-state index contributed by atoms with van der Waals surface area (Å²) < 4.78 is 1.91. The summed E-state index contributed by atoms with van der Waals surface area (Å²) in [5, 5.41) is 11.6. The van der Waals surface area contributed by atoms with Crippen LogP contribution in [0.3, 0.4) is 0 Å². The number of hydrogen-bond donors (Lipinski definition) is 2. The predicted molar refractivity (Wildman–Crippen MR) is 86.9 cm³/mol. The Kier molecular flexibility index (Phi) is 4.74. The SMILES string of the molecule is CCn1ccc(C(C)NC(=S)Nc2ccccc2C)n1. The van der Waals surface area contributed by atoms with Gasteiger partial charge in [0.25, 0.3) is 0 Å². The fourth-order valence-electron chi connectivity index (χ4n) is 1.93. The van der Waals surface area contributed by atoms with Crippen LogP contribution >= 0.6 is 12.2 Å². The zero-order valence-corrected chi connectivity index (χ0v) is 12.9. The van der Waals surface area contributed by atoms with E-state index in [9.17, 15) is 0 Å². The minimum absolute atomic E-state index is 0.0758. The summed E-state index contributed by atoms with van der Waals surface area (Å²) in [6.07, 6.45) is 1.98. The van der Waals surface area contributed by atoms with Crippen molar-refractivity contribution in [2.45, 2.75) is 33.4 Å². The molecule has 106 valence electrons. The third-order valence-electron chi connectivity index (χ3n) is 3.17. The molecule has 0 saturated heterocycles. The van der Waals surface area contributed by atoms with E-state index in [-0.39, 0.29) is 6.04 Å². The number of hydrogen-bond acceptors (Lipinski definition) is 2. The lowest BCUT2D eigenvalue weighted by Crippen LogP contribution is -2.31. The molecule has 0 aliphatic heterocycles. The maximum atomic E-state index is 5.35. The van der Waals surface area contributed by atoms with Crippen molar-refractivity contribution in [3.8, 4) is 0 Å². The van der Waals surface area contributed by atoms with Crippen molar-refractivity contribution in [3.05, 3.63) is 47.8 Å². The summed E-state index contributed by atoms with van der Waals surface area (Å²) in [6, 6.07) is 10.2. The maximum Gasteiger partial charge on any atom is 0.171 e. The second-order valence-electron chi connectivity index (χ2n) is 4.73. The molecule has 2 N–H and O–H groups in total. The lowest BCUT2D eigenvalue weighted by Gasteiger charge is -2.16. The van der Waals surface area contributed by atoms with Crippen LogP contribution < -0.4 is 10.6 Å². The van der Waals surface area contributed by atoms with Crippen LogP contribution in [0.15, 0.2) is 36.5 Å². The molecule has 1 atom stereocenters. The number of nitrogens with one attached hydrogen (secondary N) is 2. The van der Waals surface area contributed by atoms with E-state index in [2.05, 4.69) is 35.6 Å². The van der Waals surface area contributed by atoms with Crippen LogP contribution in [0.25, 0.3) is 0 Å². The highest BCUT2D eigenvalue weighted by molar-refractivity contribution is 7.80. The molecule has 0 fully saturated rings. The van der Waals surface area contributed by atoms with Gasteiger partial charge in [0.05, 0.1) is 11.7 Å². The number of aromatic nitrogens is 2. The Morgan fingerprint density at radius 2 is 2.10 bits per heavy atom. The van der Waals surface area contributed by atoms with Crippen molar-refractivity contribution >= 4 is 23.0 Å². The molecule has 0 saturated carbocycles. The lowest BCUT2D eigenvalue weighted by atomic mass is 10.2. The molecule has 1 aromatic heterocycles. The first-order valence-corrected chi connectivity index (χ1v) is 7.17. The molecule has 0 amide bonds. The zero-order chi connectivity index (χ0) is 14.5. The Hall–Kier alpha value is -1.88. The number of para-hydroxylation sites is 1. The summed E-state index contributed by atoms with van der Waals surface area (Å²) in [5.41, 5.74) is 3.18. The van der Waals surface area contributed by atoms with E-state index in [0.29, 0.717) is 5.11 Å². The summed E-state index contributed by atoms with van der Waals surface area (Å²) >= 11 is 5.35. The van der Waals surface area contributed by atoms with Gasteiger partial charge in [-0.3, -0.25) is 4.68 Å². The molecule has 4 nitrogen and oxygen atoms in total. The minimum Gasteiger partial charge on any atom is -0.354 e. The largest absolute Gasteiger partial charge is 0.354 e. The minimum atomic E-state index is 0.0758. The number of aryl methyl sites for hydroxylation is 2. The van der Waals surface area contributed by atoms with Crippen LogP contribution in [0.2, 0.25) is 0 Å². The molecule has 1 heterocycles. The molecule has 1 unspecified atom stereocenters. The highest BCUT2D eigenvalue weighted by Gasteiger charge is 2.10. The summed E-state index contributed by atoms with van der Waals surface area (Å²) in [5.74, 6) is 0. The van der Waals surface area contributed by atoms with Gasteiger partial charge in [-0.2, -0.15) is 5.10 Å². The fourth-order valence-corrected chi connectivity index (χ4v) is 2.21. The molecule has 0 radical (unpaired) electrons. The Balaban J connectivity index is 1.96. The van der Waals surface area contributed by atoms with E-state index in [0.717, 1.165) is 17.9 Å². The highest BCUT2D eigenvalue weighted by atomic mass is 32.1. The predicted octanol–water partition coefficient (Wildman–Crippen LogP) is 3.26. The zero-order valence-electron chi connectivity index (χ0n) is 12.1. The lowest BCUT2D eigenvalue weighted by molar-refractivity contribution is 0.613. The van der Waals surface area contributed by atoms with Gasteiger partial charge in [-0.25, -0.2) is 0 Å². The van der Waals surface area contributed by atoms with Crippen molar-refractivity contribution in [2.75, 3.05) is 5.32 Å². The highest BCUT2D eigenvalue weighted by Crippen LogP contribution is 2.14. The molecule has 2 rings (SSSR count). The van der Waals surface area contributed by atoms with Crippen LogP contribution in [0.5, 0.6) is 0 Å². The first kappa shape index (κ1) is 14.5. The first-order valence-electron chi connectivity index (χ1n) is 6.76. The normalized spacial score (nSPS) is 11.9. The van der Waals surface area contributed by atoms with Gasteiger partial charge < -0.3 is 10.6 Å². The van der Waals surface area contributed by atoms with E-state index in [1.807, 2.05) is 42.1 Å². The molecule has 0 aliphatic rings. The Morgan fingerprint density at radius 1 is 1.35 bits per heavy atom. The number of thiocarbonyl (C=S) groups is 1. The number of benzene rings is 1. The molecule has 2 aromatic rings. The summed E-state index contributed by atoms with van der Waals surface area (Å²) in [6.45, 7) is 7.04. The first-order chi connectivity index (χ1) is 9.60. The van der Waals surface area contributed by atoms with Gasteiger partial charge in [-0.15, -0.1) is 0 Å². The third kappa shape index (κ3) is 3.57. The molecule has 20 heavy (non-hydrogen) atoms. The number of anilines is 1. The van der Waals surface area contributed by atoms with Gasteiger partial charge in [0, 0.05) is 18.4 Å². The standard InChI is InChI=1S/C15H20N4S/c1-4-19-10-9-14(18-19)12(3)16-15(20)17-13-8-6-5-7-11(13)2/h5-10,12H,4H2,1-3H3,(H2,16,17,20). The molecular weight excluding hydrogens is 268 g/mol. The van der Waals surface area contributed by atoms with E-state index >= 15 is 0 Å². The van der Waals surface area contributed by atoms with E-state index in [1.165, 1.54) is 5.56 Å². The van der Waals surface area contributed by atoms with Crippen LogP contribution in [0.4, 0.5) is 5.69 Å². The number of nitrogens with zero attached hydrogens (tertiary/aromatic N) is 2. The van der Waals surface area contributed by atoms with Crippen molar-refractivity contribution in [1.82, 2.24) is 15.1 Å². The molecule has 0 bridgehead atoms. The van der Waals surface area contributed by atoms with Gasteiger partial charge in [0.15, 0.2) is 5.11 Å². The second-order valence-corrected chi connectivity index (χ2v) is 5.14. The number of rotatable bonds is 4. The van der Waals surface area contributed by atoms with Crippen LogP contribution in [-0.4, -0.2) is 14.9 Å². The molecule has 0 spiro atoms. The van der Waals surface area contributed by atoms with Gasteiger partial charge in [-0.05, 0) is 50.7 Å². The molecule has 5 heteroatoms. The van der Waals surface area contributed by atoms with Crippen molar-refractivity contribution in [1.29, 1.82) is 0 Å². The van der Waals surface area contributed by atoms with Gasteiger partial charge in [-0.1, -0.05) is 18.2 Å². The monoisotopic (exact) mass is 288 g/mol. The van der Waals surface area contributed by atoms with Crippen LogP contribution in [-0.2, 0) is 6.54 Å². The van der Waals surface area contributed by atoms with Crippen LogP contribution in [0.1, 0.15) is 31.1 Å². The van der Waals surface area contributed by atoms with Crippen molar-refractivity contribution in [3.63, 3.8) is 0 Å². The summed E-state index contributed by atoms with van der Waals surface area (Å²) in [4.78, 5) is 0. The van der Waals surface area contributed by atoms with Gasteiger partial charge >= 0.3 is 0 Å². The quantitative estimate of drug-likeness (QED) is 0.847. The Labute approximate surface area is 125 Å². The Morgan fingerprint density at radius 3 is 2.75 bits per heavy atom. The van der Waals surface area contributed by atoms with Gasteiger partial charge in [0.1, 0.15) is 0 Å². The van der Waals surface area contributed by atoms with E-state index in [4.69, 9.17) is 12.2 Å². The topological polar surface area (TPSA) is 41.9 Å². The van der Waals surface area contributed by atoms with Crippen molar-refractivity contribution < 1.29 is 0 Å². The molecular formula is C15H20N4S. The van der Waals surface area contributed by atoms with E-state index < -0.39 is 0 Å². The Bertz CT molecular complexity index is 591.